The van der Waals surface area contributed by atoms with Crippen LogP contribution in [-0.2, 0) is 9.53 Å². The lowest BCUT2D eigenvalue weighted by atomic mass is 9.97. The third-order valence-corrected chi connectivity index (χ3v) is 6.64. The monoisotopic (exact) mass is 425 g/mol. The number of aryl methyl sites for hydroxylation is 1. The molecule has 0 saturated heterocycles. The van der Waals surface area contributed by atoms with Gasteiger partial charge in [0.1, 0.15) is 9.71 Å². The number of hydrogen-bond donors (Lipinski definition) is 1. The molecule has 6 nitrogen and oxygen atoms in total. The summed E-state index contributed by atoms with van der Waals surface area (Å²) in [5, 5.41) is 8.54. The van der Waals surface area contributed by atoms with Crippen molar-refractivity contribution in [3.8, 4) is 5.69 Å². The van der Waals surface area contributed by atoms with Crippen molar-refractivity contribution < 1.29 is 14.3 Å². The molecule has 3 aromatic rings. The van der Waals surface area contributed by atoms with E-state index < -0.39 is 5.97 Å². The van der Waals surface area contributed by atoms with Crippen LogP contribution in [0.25, 0.3) is 15.9 Å². The van der Waals surface area contributed by atoms with Crippen LogP contribution >= 0.6 is 11.3 Å². The summed E-state index contributed by atoms with van der Waals surface area (Å²) in [6, 6.07) is 11.8. The number of carbonyl (C=O) groups excluding carboxylic acids is 2. The first-order valence-electron chi connectivity index (χ1n) is 10.6. The number of esters is 1. The Labute approximate surface area is 180 Å². The maximum atomic E-state index is 12.5. The summed E-state index contributed by atoms with van der Waals surface area (Å²) < 4.78 is 7.14. The molecule has 7 heteroatoms. The Kier molecular flexibility index (Phi) is 6.47. The molecule has 0 atom stereocenters. The van der Waals surface area contributed by atoms with Crippen LogP contribution in [0.3, 0.4) is 0 Å². The van der Waals surface area contributed by atoms with Crippen LogP contribution in [0.15, 0.2) is 36.4 Å². The van der Waals surface area contributed by atoms with Gasteiger partial charge in [-0.3, -0.25) is 4.79 Å². The van der Waals surface area contributed by atoms with E-state index in [9.17, 15) is 9.59 Å². The summed E-state index contributed by atoms with van der Waals surface area (Å²) in [5.74, 6) is -0.690. The van der Waals surface area contributed by atoms with Crippen LogP contribution in [0.2, 0.25) is 0 Å². The molecule has 1 aliphatic rings. The number of para-hydroxylation sites is 1. The van der Waals surface area contributed by atoms with Gasteiger partial charge in [0.05, 0.1) is 11.4 Å². The van der Waals surface area contributed by atoms with Crippen LogP contribution < -0.4 is 5.32 Å². The Morgan fingerprint density at radius 2 is 1.83 bits per heavy atom. The van der Waals surface area contributed by atoms with Gasteiger partial charge in [0.25, 0.3) is 5.91 Å². The molecule has 0 radical (unpaired) electrons. The van der Waals surface area contributed by atoms with E-state index in [2.05, 4.69) is 10.4 Å². The van der Waals surface area contributed by atoms with Crippen molar-refractivity contribution in [2.24, 2.45) is 0 Å². The lowest BCUT2D eigenvalue weighted by Crippen LogP contribution is -2.38. The highest BCUT2D eigenvalue weighted by Crippen LogP contribution is 2.30. The first-order valence-corrected chi connectivity index (χ1v) is 11.4. The van der Waals surface area contributed by atoms with Gasteiger partial charge in [0, 0.05) is 11.4 Å². The second kappa shape index (κ2) is 9.43. The average Bonchev–Trinajstić information content (AvgIpc) is 3.29. The minimum Gasteiger partial charge on any atom is -0.451 e. The maximum absolute atomic E-state index is 12.5. The fraction of sp³-hybridized carbons (Fsp3) is 0.435. The number of fused-ring (bicyclic) bond motifs is 1. The molecule has 0 spiro atoms. The number of rotatable bonds is 5. The highest BCUT2D eigenvalue weighted by Gasteiger charge is 2.20. The highest BCUT2D eigenvalue weighted by atomic mass is 32.1. The molecule has 2 aromatic heterocycles. The van der Waals surface area contributed by atoms with Crippen molar-refractivity contribution in [1.29, 1.82) is 0 Å². The summed E-state index contributed by atoms with van der Waals surface area (Å²) in [6.45, 7) is 1.68. The second-order valence-electron chi connectivity index (χ2n) is 7.85. The molecule has 1 aromatic carbocycles. The third-order valence-electron chi connectivity index (χ3n) is 5.55. The second-order valence-corrected chi connectivity index (χ2v) is 8.88. The molecular formula is C23H27N3O3S. The summed E-state index contributed by atoms with van der Waals surface area (Å²) >= 11 is 1.33. The molecule has 158 valence electrons. The van der Waals surface area contributed by atoms with Gasteiger partial charge in [0.2, 0.25) is 0 Å². The van der Waals surface area contributed by atoms with Crippen molar-refractivity contribution in [3.63, 3.8) is 0 Å². The summed E-state index contributed by atoms with van der Waals surface area (Å²) in [6.07, 6.45) is 8.04. The van der Waals surface area contributed by atoms with Gasteiger partial charge in [-0.05, 0) is 38.0 Å². The number of thiophene rings is 1. The van der Waals surface area contributed by atoms with Gasteiger partial charge >= 0.3 is 5.97 Å². The van der Waals surface area contributed by atoms with E-state index >= 15 is 0 Å². The fourth-order valence-electron chi connectivity index (χ4n) is 3.96. The SMILES string of the molecule is Cc1nn(-c2ccccc2)c2sc(C(=O)OCC(=O)NC3CCCCCCC3)cc12. The molecule has 1 saturated carbocycles. The molecule has 30 heavy (non-hydrogen) atoms. The molecule has 1 fully saturated rings. The average molecular weight is 426 g/mol. The zero-order chi connectivity index (χ0) is 20.9. The summed E-state index contributed by atoms with van der Waals surface area (Å²) in [5.41, 5.74) is 1.79. The zero-order valence-corrected chi connectivity index (χ0v) is 18.0. The number of carbonyl (C=O) groups is 2. The lowest BCUT2D eigenvalue weighted by Gasteiger charge is -2.20. The Morgan fingerprint density at radius 3 is 2.57 bits per heavy atom. The van der Waals surface area contributed by atoms with Gasteiger partial charge in [-0.15, -0.1) is 11.3 Å². The predicted octanol–water partition coefficient (Wildman–Crippen LogP) is 4.78. The van der Waals surface area contributed by atoms with Crippen LogP contribution in [0.5, 0.6) is 0 Å². The maximum Gasteiger partial charge on any atom is 0.348 e. The minimum absolute atomic E-state index is 0.195. The topological polar surface area (TPSA) is 73.2 Å². The number of benzene rings is 1. The Balaban J connectivity index is 1.39. The van der Waals surface area contributed by atoms with Crippen molar-refractivity contribution >= 4 is 33.4 Å². The van der Waals surface area contributed by atoms with Crippen LogP contribution in [0, 0.1) is 6.92 Å². The van der Waals surface area contributed by atoms with E-state index in [1.165, 1.54) is 30.6 Å². The molecule has 4 rings (SSSR count). The molecule has 0 unspecified atom stereocenters. The van der Waals surface area contributed by atoms with Gasteiger partial charge in [-0.2, -0.15) is 5.10 Å². The number of ether oxygens (including phenoxy) is 1. The predicted molar refractivity (Wildman–Crippen MR) is 118 cm³/mol. The van der Waals surface area contributed by atoms with Crippen LogP contribution in [0.1, 0.15) is 60.3 Å². The van der Waals surface area contributed by atoms with E-state index in [-0.39, 0.29) is 18.6 Å². The van der Waals surface area contributed by atoms with Crippen LogP contribution in [0.4, 0.5) is 0 Å². The van der Waals surface area contributed by atoms with E-state index in [0.717, 1.165) is 47.3 Å². The summed E-state index contributed by atoms with van der Waals surface area (Å²) in [4.78, 5) is 26.2. The van der Waals surface area contributed by atoms with Gasteiger partial charge in [0.15, 0.2) is 6.61 Å². The van der Waals surface area contributed by atoms with Crippen LogP contribution in [-0.4, -0.2) is 34.3 Å². The van der Waals surface area contributed by atoms with Crippen molar-refractivity contribution in [2.75, 3.05) is 6.61 Å². The summed E-state index contributed by atoms with van der Waals surface area (Å²) in [7, 11) is 0. The molecular weight excluding hydrogens is 398 g/mol. The largest absolute Gasteiger partial charge is 0.451 e. The number of amides is 1. The van der Waals surface area contributed by atoms with Crippen molar-refractivity contribution in [1.82, 2.24) is 15.1 Å². The number of nitrogens with one attached hydrogen (secondary N) is 1. The minimum atomic E-state index is -0.469. The normalized spacial score (nSPS) is 15.5. The first-order chi connectivity index (χ1) is 14.6. The fourth-order valence-corrected chi connectivity index (χ4v) is 5.04. The molecule has 0 aliphatic heterocycles. The van der Waals surface area contributed by atoms with Crippen molar-refractivity contribution in [2.45, 2.75) is 57.9 Å². The Hall–Kier alpha value is -2.67. The lowest BCUT2D eigenvalue weighted by molar-refractivity contribution is -0.125. The molecule has 1 N–H and O–H groups in total. The Bertz CT molecular complexity index is 1020. The van der Waals surface area contributed by atoms with E-state index in [4.69, 9.17) is 4.74 Å². The third kappa shape index (κ3) is 4.73. The molecule has 1 aliphatic carbocycles. The molecule has 0 bridgehead atoms. The highest BCUT2D eigenvalue weighted by molar-refractivity contribution is 7.20. The van der Waals surface area contributed by atoms with E-state index in [1.54, 1.807) is 6.07 Å². The zero-order valence-electron chi connectivity index (χ0n) is 17.2. The van der Waals surface area contributed by atoms with E-state index in [0.29, 0.717) is 4.88 Å². The standard InChI is InChI=1S/C23H27N3O3S/c1-16-19-14-20(30-22(19)26(25-16)18-12-8-5-9-13-18)23(28)29-15-21(27)24-17-10-6-3-2-4-7-11-17/h5,8-9,12-14,17H,2-4,6-7,10-11,15H2,1H3,(H,24,27). The van der Waals surface area contributed by atoms with Gasteiger partial charge in [-0.1, -0.05) is 50.3 Å². The van der Waals surface area contributed by atoms with Gasteiger partial charge < -0.3 is 10.1 Å². The van der Waals surface area contributed by atoms with Gasteiger partial charge in [-0.25, -0.2) is 9.48 Å². The number of aromatic nitrogens is 2. The molecule has 2 heterocycles. The van der Waals surface area contributed by atoms with E-state index in [1.807, 2.05) is 41.9 Å². The first kappa shape index (κ1) is 20.6. The van der Waals surface area contributed by atoms with Crippen molar-refractivity contribution in [3.05, 3.63) is 47.0 Å². The smallest absolute Gasteiger partial charge is 0.348 e. The Morgan fingerprint density at radius 1 is 1.13 bits per heavy atom. The number of hydrogen-bond acceptors (Lipinski definition) is 5. The number of nitrogens with zero attached hydrogens (tertiary/aromatic N) is 2. The molecule has 1 amide bonds. The quantitative estimate of drug-likeness (QED) is 0.597.